The highest BCUT2D eigenvalue weighted by molar-refractivity contribution is 7.23. The number of nitrogens with zero attached hydrogens (tertiary/aromatic N) is 2. The molecule has 0 radical (unpaired) electrons. The normalized spacial score (nSPS) is 13.9. The van der Waals surface area contributed by atoms with Crippen LogP contribution in [0.4, 0.5) is 11.4 Å². The largest absolute Gasteiger partial charge is 0.274 e. The molecule has 346 valence electrons. The summed E-state index contributed by atoms with van der Waals surface area (Å²) in [5.41, 5.74) is 9.47. The predicted molar refractivity (Wildman–Crippen MR) is 288 cm³/mol. The third-order valence-electron chi connectivity index (χ3n) is 13.1. The van der Waals surface area contributed by atoms with Crippen LogP contribution in [0.5, 0.6) is 0 Å². The third-order valence-corrected chi connectivity index (χ3v) is 17.7. The lowest BCUT2D eigenvalue weighted by Gasteiger charge is -2.20. The lowest BCUT2D eigenvalue weighted by Crippen LogP contribution is -2.27. The zero-order valence-corrected chi connectivity index (χ0v) is 43.0. The second-order valence-electron chi connectivity index (χ2n) is 18.3. The zero-order valence-electron chi connectivity index (χ0n) is 39.7. The van der Waals surface area contributed by atoms with E-state index in [2.05, 4.69) is 123 Å². The summed E-state index contributed by atoms with van der Waals surface area (Å²) >= 11 is 6.91. The van der Waals surface area contributed by atoms with Crippen molar-refractivity contribution in [3.8, 4) is 19.5 Å². The van der Waals surface area contributed by atoms with Gasteiger partial charge < -0.3 is 0 Å². The van der Waals surface area contributed by atoms with Gasteiger partial charge in [0.15, 0.2) is 0 Å². The Labute approximate surface area is 411 Å². The van der Waals surface area contributed by atoms with Gasteiger partial charge in [-0.2, -0.15) is 0 Å². The van der Waals surface area contributed by atoms with Gasteiger partial charge in [0.05, 0.1) is 22.5 Å². The van der Waals surface area contributed by atoms with Crippen LogP contribution in [0.1, 0.15) is 162 Å². The smallest absolute Gasteiger partial charge is 0.266 e. The Kier molecular flexibility index (Phi) is 17.2. The predicted octanol–water partition coefficient (Wildman–Crippen LogP) is 18.0. The van der Waals surface area contributed by atoms with Crippen molar-refractivity contribution in [2.75, 3.05) is 9.80 Å². The summed E-state index contributed by atoms with van der Waals surface area (Å²) in [6.07, 6.45) is 23.8. The highest BCUT2D eigenvalue weighted by Gasteiger charge is 2.50. The number of hydrogen-bond donors (Lipinski definition) is 0. The quantitative estimate of drug-likeness (QED) is 0.0508. The molecule has 0 N–H and O–H groups in total. The van der Waals surface area contributed by atoms with Gasteiger partial charge in [-0.15, -0.1) is 45.3 Å². The summed E-state index contributed by atoms with van der Waals surface area (Å²) in [4.78, 5) is 41.3. The molecule has 2 amide bonds. The molecule has 0 spiro atoms. The van der Waals surface area contributed by atoms with Gasteiger partial charge in [-0.3, -0.25) is 19.4 Å². The van der Waals surface area contributed by atoms with Crippen molar-refractivity contribution in [3.63, 3.8) is 0 Å². The molecule has 8 heteroatoms. The van der Waals surface area contributed by atoms with Crippen LogP contribution >= 0.6 is 45.3 Å². The number of carbonyl (C=O) groups excluding carboxylic acids is 2. The maximum Gasteiger partial charge on any atom is 0.266 e. The molecule has 2 aliphatic rings. The van der Waals surface area contributed by atoms with Gasteiger partial charge in [-0.25, -0.2) is 0 Å². The molecule has 4 aromatic heterocycles. The summed E-state index contributed by atoms with van der Waals surface area (Å²) < 4.78 is 0. The Morgan fingerprint density at radius 2 is 0.697 bits per heavy atom. The fraction of sp³-hybridized carbons (Fsp3) is 0.414. The maximum atomic E-state index is 15.5. The molecule has 8 rings (SSSR count). The van der Waals surface area contributed by atoms with Crippen molar-refractivity contribution < 1.29 is 9.59 Å². The molecule has 0 saturated carbocycles. The second-order valence-corrected chi connectivity index (χ2v) is 22.3. The van der Waals surface area contributed by atoms with Crippen molar-refractivity contribution in [2.45, 2.75) is 156 Å². The molecule has 0 aliphatic carbocycles. The molecule has 66 heavy (non-hydrogen) atoms. The molecule has 0 unspecified atom stereocenters. The van der Waals surface area contributed by atoms with Gasteiger partial charge in [-0.05, 0) is 145 Å². The topological polar surface area (TPSA) is 40.6 Å². The molecule has 0 saturated heterocycles. The molecular formula is C58H68N2O2S4. The van der Waals surface area contributed by atoms with Gasteiger partial charge in [0.2, 0.25) is 0 Å². The molecular weight excluding hydrogens is 885 g/mol. The van der Waals surface area contributed by atoms with Gasteiger partial charge in [0, 0.05) is 40.6 Å². The van der Waals surface area contributed by atoms with E-state index in [-0.39, 0.29) is 11.8 Å². The number of aryl methyl sites for hydroxylation is 4. The number of unbranched alkanes of at least 4 members (excludes halogenated alkanes) is 12. The third kappa shape index (κ3) is 11.2. The number of amides is 2. The maximum absolute atomic E-state index is 15.5. The molecule has 0 bridgehead atoms. The highest BCUT2D eigenvalue weighted by atomic mass is 32.1. The number of carbonyl (C=O) groups is 2. The average Bonchev–Trinajstić information content (AvgIpc) is 4.21. The molecule has 2 aromatic carbocycles. The molecule has 6 heterocycles. The van der Waals surface area contributed by atoms with Crippen LogP contribution < -0.4 is 9.80 Å². The Hall–Kier alpha value is -4.34. The van der Waals surface area contributed by atoms with Crippen molar-refractivity contribution in [3.05, 3.63) is 139 Å². The summed E-state index contributed by atoms with van der Waals surface area (Å²) in [7, 11) is 0. The summed E-state index contributed by atoms with van der Waals surface area (Å²) in [5, 5.41) is 4.60. The first kappa shape index (κ1) is 48.1. The van der Waals surface area contributed by atoms with Crippen molar-refractivity contribution in [1.29, 1.82) is 0 Å². The van der Waals surface area contributed by atoms with E-state index < -0.39 is 0 Å². The highest BCUT2D eigenvalue weighted by Crippen LogP contribution is 2.53. The number of anilines is 2. The van der Waals surface area contributed by atoms with Crippen LogP contribution in [0, 0.1) is 0 Å². The van der Waals surface area contributed by atoms with Gasteiger partial charge in [0.25, 0.3) is 11.8 Å². The minimum atomic E-state index is -0.0859. The molecule has 0 fully saturated rings. The number of benzene rings is 2. The number of fused-ring (bicyclic) bond motifs is 1. The van der Waals surface area contributed by atoms with Crippen LogP contribution in [-0.2, 0) is 35.3 Å². The van der Waals surface area contributed by atoms with Crippen molar-refractivity contribution >= 4 is 79.7 Å². The Bertz CT molecular complexity index is 2420. The van der Waals surface area contributed by atoms with Crippen LogP contribution in [0.3, 0.4) is 0 Å². The van der Waals surface area contributed by atoms with E-state index >= 15 is 9.59 Å². The Morgan fingerprint density at radius 1 is 0.364 bits per heavy atom. The van der Waals surface area contributed by atoms with E-state index in [9.17, 15) is 0 Å². The molecule has 6 aromatic rings. The van der Waals surface area contributed by atoms with Crippen LogP contribution in [0.15, 0.2) is 107 Å². The first-order valence-electron chi connectivity index (χ1n) is 25.1. The summed E-state index contributed by atoms with van der Waals surface area (Å²) in [6, 6.07) is 30.4. The number of thiophene rings is 4. The van der Waals surface area contributed by atoms with Crippen molar-refractivity contribution in [2.24, 2.45) is 0 Å². The fourth-order valence-corrected chi connectivity index (χ4v) is 13.6. The monoisotopic (exact) mass is 952 g/mol. The van der Waals surface area contributed by atoms with Crippen LogP contribution in [0.2, 0.25) is 0 Å². The number of rotatable bonds is 26. The summed E-state index contributed by atoms with van der Waals surface area (Å²) in [5.74, 6) is -0.172. The van der Waals surface area contributed by atoms with E-state index in [0.717, 1.165) is 69.4 Å². The van der Waals surface area contributed by atoms with E-state index in [1.165, 1.54) is 122 Å². The van der Waals surface area contributed by atoms with E-state index in [0.29, 0.717) is 22.5 Å². The Morgan fingerprint density at radius 3 is 1.05 bits per heavy atom. The van der Waals surface area contributed by atoms with Crippen LogP contribution in [-0.4, -0.2) is 11.8 Å². The van der Waals surface area contributed by atoms with Crippen molar-refractivity contribution in [1.82, 2.24) is 0 Å². The fourth-order valence-electron chi connectivity index (χ4n) is 9.37. The number of hydrogen-bond acceptors (Lipinski definition) is 6. The van der Waals surface area contributed by atoms with Gasteiger partial charge >= 0.3 is 0 Å². The first-order chi connectivity index (χ1) is 32.4. The molecule has 2 aliphatic heterocycles. The second kappa shape index (κ2) is 23.6. The zero-order chi connectivity index (χ0) is 45.8. The standard InChI is InChI=1S/C58H68N2O2S4/c1-5-9-13-17-21-41-25-29-45(30-26-41)59-55-53(49-35-33-47(65-49)51-37-43(39-63-51)23-19-15-11-7-3)58(62)60(46-31-27-42(28-32-46)22-18-14-10-6-2)56(55)54(57(59)61)50-36-34-48(66-50)52-38-44(40-64-52)24-20-16-12-8-4/h25-40H,5-24H2,1-4H3. The lowest BCUT2D eigenvalue weighted by atomic mass is 10.1. The lowest BCUT2D eigenvalue weighted by molar-refractivity contribution is -0.112. The summed E-state index contributed by atoms with van der Waals surface area (Å²) in [6.45, 7) is 9.01. The van der Waals surface area contributed by atoms with E-state index in [1.54, 1.807) is 45.3 Å². The molecule has 4 nitrogen and oxygen atoms in total. The van der Waals surface area contributed by atoms with E-state index in [1.807, 2.05) is 9.80 Å². The minimum absolute atomic E-state index is 0.0859. The SMILES string of the molecule is CCCCCCc1ccc(N2C(=O)C(c3ccc(-c4cc(CCCCCC)cs4)s3)=C3C2=C(c2ccc(-c4cc(CCCCCC)cs4)s2)C(=O)N3c2ccc(CCCCCC)cc2)cc1. The minimum Gasteiger partial charge on any atom is -0.274 e. The van der Waals surface area contributed by atoms with Gasteiger partial charge in [-0.1, -0.05) is 129 Å². The Balaban J connectivity index is 1.22. The first-order valence-corrected chi connectivity index (χ1v) is 28.5. The van der Waals surface area contributed by atoms with Crippen LogP contribution in [0.25, 0.3) is 30.7 Å². The van der Waals surface area contributed by atoms with E-state index in [4.69, 9.17) is 0 Å². The molecule has 0 atom stereocenters. The average molecular weight is 953 g/mol. The van der Waals surface area contributed by atoms with Gasteiger partial charge in [0.1, 0.15) is 0 Å².